The fraction of sp³-hybridized carbons (Fsp3) is 0.444. The Balaban J connectivity index is 2.77. The molecule has 0 N–H and O–H groups in total. The molecule has 0 saturated carbocycles. The SMILES string of the molecule is COC1=CC(=O)C(C)=C(C/C=C(\C)CCC=C(C)C)C1=O. The first-order valence-electron chi connectivity index (χ1n) is 7.20. The summed E-state index contributed by atoms with van der Waals surface area (Å²) < 4.78 is 4.98. The Morgan fingerprint density at radius 3 is 2.43 bits per heavy atom. The van der Waals surface area contributed by atoms with E-state index in [9.17, 15) is 9.59 Å². The van der Waals surface area contributed by atoms with Crippen LogP contribution in [0.5, 0.6) is 0 Å². The van der Waals surface area contributed by atoms with E-state index < -0.39 is 0 Å². The molecular weight excluding hydrogens is 264 g/mol. The summed E-state index contributed by atoms with van der Waals surface area (Å²) in [6.07, 6.45) is 7.94. The average Bonchev–Trinajstić information content (AvgIpc) is 2.42. The highest BCUT2D eigenvalue weighted by atomic mass is 16.5. The van der Waals surface area contributed by atoms with Crippen molar-refractivity contribution in [1.29, 1.82) is 0 Å². The van der Waals surface area contributed by atoms with Gasteiger partial charge in [0.05, 0.1) is 7.11 Å². The molecule has 0 bridgehead atoms. The van der Waals surface area contributed by atoms with Crippen molar-refractivity contribution in [3.8, 4) is 0 Å². The lowest BCUT2D eigenvalue weighted by molar-refractivity contribution is -0.118. The molecule has 0 fully saturated rings. The maximum Gasteiger partial charge on any atom is 0.224 e. The zero-order chi connectivity index (χ0) is 16.0. The van der Waals surface area contributed by atoms with E-state index in [0.717, 1.165) is 12.8 Å². The first-order valence-corrected chi connectivity index (χ1v) is 7.20. The van der Waals surface area contributed by atoms with E-state index in [2.05, 4.69) is 26.8 Å². The van der Waals surface area contributed by atoms with Crippen LogP contribution in [0.4, 0.5) is 0 Å². The summed E-state index contributed by atoms with van der Waals surface area (Å²) in [6, 6.07) is 0. The first-order chi connectivity index (χ1) is 9.86. The maximum absolute atomic E-state index is 12.2. The highest BCUT2D eigenvalue weighted by Crippen LogP contribution is 2.23. The minimum atomic E-state index is -0.178. The van der Waals surface area contributed by atoms with Crippen LogP contribution in [0.3, 0.4) is 0 Å². The van der Waals surface area contributed by atoms with Gasteiger partial charge in [-0.3, -0.25) is 9.59 Å². The number of carbonyl (C=O) groups excluding carboxylic acids is 2. The second kappa shape index (κ2) is 7.77. The fourth-order valence-electron chi connectivity index (χ4n) is 2.12. The van der Waals surface area contributed by atoms with E-state index in [1.54, 1.807) is 6.92 Å². The summed E-state index contributed by atoms with van der Waals surface area (Å²) in [4.78, 5) is 24.0. The molecule has 1 rings (SSSR count). The van der Waals surface area contributed by atoms with Gasteiger partial charge in [-0.05, 0) is 47.0 Å². The largest absolute Gasteiger partial charge is 0.493 e. The molecule has 0 amide bonds. The predicted octanol–water partition coefficient (Wildman–Crippen LogP) is 4.07. The fourth-order valence-corrected chi connectivity index (χ4v) is 2.12. The van der Waals surface area contributed by atoms with Gasteiger partial charge in [-0.15, -0.1) is 0 Å². The van der Waals surface area contributed by atoms with Gasteiger partial charge in [0.15, 0.2) is 11.5 Å². The van der Waals surface area contributed by atoms with Gasteiger partial charge < -0.3 is 4.74 Å². The number of ether oxygens (including phenoxy) is 1. The van der Waals surface area contributed by atoms with E-state index in [4.69, 9.17) is 4.74 Å². The Bertz CT molecular complexity index is 553. The lowest BCUT2D eigenvalue weighted by atomic mass is 9.91. The van der Waals surface area contributed by atoms with Crippen molar-refractivity contribution in [3.63, 3.8) is 0 Å². The third-order valence-corrected chi connectivity index (χ3v) is 3.55. The number of carbonyl (C=O) groups is 2. The summed E-state index contributed by atoms with van der Waals surface area (Å²) in [5.41, 5.74) is 3.60. The van der Waals surface area contributed by atoms with Crippen LogP contribution in [0.1, 0.15) is 47.0 Å². The summed E-state index contributed by atoms with van der Waals surface area (Å²) in [7, 11) is 1.41. The van der Waals surface area contributed by atoms with Crippen molar-refractivity contribution in [3.05, 3.63) is 46.3 Å². The molecule has 1 aliphatic rings. The van der Waals surface area contributed by atoms with Gasteiger partial charge in [0, 0.05) is 17.2 Å². The molecule has 0 unspecified atom stereocenters. The van der Waals surface area contributed by atoms with Crippen molar-refractivity contribution in [1.82, 2.24) is 0 Å². The van der Waals surface area contributed by atoms with E-state index in [0.29, 0.717) is 17.6 Å². The van der Waals surface area contributed by atoms with E-state index in [1.807, 2.05) is 6.08 Å². The number of rotatable bonds is 6. The third kappa shape index (κ3) is 4.85. The molecule has 0 radical (unpaired) electrons. The zero-order valence-electron chi connectivity index (χ0n) is 13.6. The van der Waals surface area contributed by atoms with Gasteiger partial charge in [0.2, 0.25) is 5.78 Å². The van der Waals surface area contributed by atoms with Crippen LogP contribution < -0.4 is 0 Å². The highest BCUT2D eigenvalue weighted by molar-refractivity contribution is 6.21. The number of methoxy groups -OCH3 is 1. The molecule has 0 aromatic rings. The molecule has 1 aliphatic carbocycles. The molecule has 3 nitrogen and oxygen atoms in total. The number of allylic oxidation sites excluding steroid dienone is 7. The molecule has 114 valence electrons. The lowest BCUT2D eigenvalue weighted by Gasteiger charge is -2.15. The van der Waals surface area contributed by atoms with Gasteiger partial charge in [0.25, 0.3) is 0 Å². The van der Waals surface area contributed by atoms with E-state index in [1.165, 1.54) is 24.3 Å². The van der Waals surface area contributed by atoms with Crippen molar-refractivity contribution in [2.75, 3.05) is 7.11 Å². The molecule has 0 aromatic carbocycles. The number of hydrogen-bond donors (Lipinski definition) is 0. The van der Waals surface area contributed by atoms with Gasteiger partial charge >= 0.3 is 0 Å². The Morgan fingerprint density at radius 2 is 1.86 bits per heavy atom. The van der Waals surface area contributed by atoms with Crippen molar-refractivity contribution in [2.24, 2.45) is 0 Å². The van der Waals surface area contributed by atoms with Crippen LogP contribution in [0.2, 0.25) is 0 Å². The Kier molecular flexibility index (Phi) is 6.35. The summed E-state index contributed by atoms with van der Waals surface area (Å²) >= 11 is 0. The normalized spacial score (nSPS) is 16.0. The molecule has 0 aromatic heterocycles. The van der Waals surface area contributed by atoms with Crippen molar-refractivity contribution in [2.45, 2.75) is 47.0 Å². The standard InChI is InChI=1S/C18H24O3/c1-12(2)7-6-8-13(3)9-10-15-14(4)16(19)11-17(21-5)18(15)20/h7,9,11H,6,8,10H2,1-5H3/b13-9+. The zero-order valence-corrected chi connectivity index (χ0v) is 13.6. The lowest BCUT2D eigenvalue weighted by Crippen LogP contribution is -2.19. The number of Topliss-reactive ketones (excluding diaryl/α,β-unsaturated/α-hetero) is 1. The molecular formula is C18H24O3. The minimum absolute atomic E-state index is 0.135. The van der Waals surface area contributed by atoms with Crippen LogP contribution in [0.15, 0.2) is 46.3 Å². The van der Waals surface area contributed by atoms with Crippen molar-refractivity contribution >= 4 is 11.6 Å². The molecule has 0 saturated heterocycles. The Labute approximate surface area is 127 Å². The summed E-state index contributed by atoms with van der Waals surface area (Å²) in [5.74, 6) is -0.184. The monoisotopic (exact) mass is 288 g/mol. The third-order valence-electron chi connectivity index (χ3n) is 3.55. The molecule has 21 heavy (non-hydrogen) atoms. The van der Waals surface area contributed by atoms with Crippen LogP contribution >= 0.6 is 0 Å². The Hall–Kier alpha value is -1.90. The van der Waals surface area contributed by atoms with Crippen LogP contribution in [-0.2, 0) is 14.3 Å². The first kappa shape index (κ1) is 17.2. The smallest absolute Gasteiger partial charge is 0.224 e. The number of hydrogen-bond acceptors (Lipinski definition) is 3. The van der Waals surface area contributed by atoms with Gasteiger partial charge in [0.1, 0.15) is 0 Å². The summed E-state index contributed by atoms with van der Waals surface area (Å²) in [5, 5.41) is 0. The predicted molar refractivity (Wildman–Crippen MR) is 84.8 cm³/mol. The minimum Gasteiger partial charge on any atom is -0.493 e. The van der Waals surface area contributed by atoms with E-state index >= 15 is 0 Å². The summed E-state index contributed by atoms with van der Waals surface area (Å²) in [6.45, 7) is 7.91. The van der Waals surface area contributed by atoms with Crippen LogP contribution in [0.25, 0.3) is 0 Å². The average molecular weight is 288 g/mol. The molecule has 0 spiro atoms. The highest BCUT2D eigenvalue weighted by Gasteiger charge is 2.25. The second-order valence-corrected chi connectivity index (χ2v) is 5.58. The Morgan fingerprint density at radius 1 is 1.19 bits per heavy atom. The van der Waals surface area contributed by atoms with Gasteiger partial charge in [-0.1, -0.05) is 23.3 Å². The van der Waals surface area contributed by atoms with E-state index in [-0.39, 0.29) is 17.3 Å². The maximum atomic E-state index is 12.2. The second-order valence-electron chi connectivity index (χ2n) is 5.58. The van der Waals surface area contributed by atoms with Crippen molar-refractivity contribution < 1.29 is 14.3 Å². The number of ketones is 2. The molecule has 0 aliphatic heterocycles. The molecule has 0 atom stereocenters. The molecule has 0 heterocycles. The quantitative estimate of drug-likeness (QED) is 0.546. The van der Waals surface area contributed by atoms with Crippen LogP contribution in [-0.4, -0.2) is 18.7 Å². The molecule has 3 heteroatoms. The van der Waals surface area contributed by atoms with Gasteiger partial charge in [-0.2, -0.15) is 0 Å². The van der Waals surface area contributed by atoms with Crippen LogP contribution in [0, 0.1) is 0 Å². The van der Waals surface area contributed by atoms with Gasteiger partial charge in [-0.25, -0.2) is 0 Å². The topological polar surface area (TPSA) is 43.4 Å².